The number of benzene rings is 1. The number of hydrogen-bond acceptors (Lipinski definition) is 4. The van der Waals surface area contributed by atoms with Gasteiger partial charge in [-0.15, -0.1) is 5.10 Å². The van der Waals surface area contributed by atoms with Crippen molar-refractivity contribution in [2.45, 2.75) is 45.6 Å². The molecule has 20 heavy (non-hydrogen) atoms. The molecule has 1 heterocycles. The van der Waals surface area contributed by atoms with E-state index in [1.165, 1.54) is 25.7 Å². The maximum atomic E-state index is 4.01. The van der Waals surface area contributed by atoms with Crippen LogP contribution in [0.1, 0.15) is 38.4 Å². The van der Waals surface area contributed by atoms with Crippen LogP contribution in [0.3, 0.4) is 0 Å². The topological polar surface area (TPSA) is 55.6 Å². The lowest BCUT2D eigenvalue weighted by Gasteiger charge is -2.27. The van der Waals surface area contributed by atoms with Crippen LogP contribution >= 0.6 is 0 Å². The molecule has 5 heteroatoms. The van der Waals surface area contributed by atoms with Gasteiger partial charge in [0.2, 0.25) is 0 Å². The van der Waals surface area contributed by atoms with Gasteiger partial charge in [0.05, 0.1) is 5.69 Å². The van der Waals surface area contributed by atoms with Crippen molar-refractivity contribution >= 4 is 5.69 Å². The Kier molecular flexibility index (Phi) is 3.67. The summed E-state index contributed by atoms with van der Waals surface area (Å²) < 4.78 is 1.76. The highest BCUT2D eigenvalue weighted by molar-refractivity contribution is 5.51. The first-order valence-electron chi connectivity index (χ1n) is 7.34. The van der Waals surface area contributed by atoms with Crippen molar-refractivity contribution in [1.82, 2.24) is 20.2 Å². The predicted octanol–water partition coefficient (Wildman–Crippen LogP) is 2.96. The van der Waals surface area contributed by atoms with E-state index in [4.69, 9.17) is 0 Å². The molecule has 1 N–H and O–H groups in total. The van der Waals surface area contributed by atoms with E-state index in [-0.39, 0.29) is 0 Å². The molecule has 1 aromatic carbocycles. The summed E-state index contributed by atoms with van der Waals surface area (Å²) >= 11 is 0. The Labute approximate surface area is 119 Å². The molecule has 1 aromatic heterocycles. The van der Waals surface area contributed by atoms with Gasteiger partial charge in [0.1, 0.15) is 0 Å². The minimum absolute atomic E-state index is 0.594. The van der Waals surface area contributed by atoms with Gasteiger partial charge in [-0.05, 0) is 67.2 Å². The molecule has 1 saturated carbocycles. The maximum absolute atomic E-state index is 4.01. The van der Waals surface area contributed by atoms with Gasteiger partial charge in [-0.1, -0.05) is 13.0 Å². The van der Waals surface area contributed by atoms with E-state index in [0.717, 1.165) is 23.1 Å². The number of hydrogen-bond donors (Lipinski definition) is 1. The molecule has 1 fully saturated rings. The highest BCUT2D eigenvalue weighted by Gasteiger charge is 2.18. The van der Waals surface area contributed by atoms with E-state index < -0.39 is 0 Å². The number of nitrogens with one attached hydrogen (secondary N) is 1. The first kappa shape index (κ1) is 13.1. The van der Waals surface area contributed by atoms with Gasteiger partial charge in [-0.2, -0.15) is 4.68 Å². The molecule has 0 atom stereocenters. The molecule has 2 aromatic rings. The van der Waals surface area contributed by atoms with E-state index in [2.05, 4.69) is 39.9 Å². The van der Waals surface area contributed by atoms with Gasteiger partial charge in [0.25, 0.3) is 0 Å². The van der Waals surface area contributed by atoms with Gasteiger partial charge in [0, 0.05) is 11.7 Å². The normalized spacial score (nSPS) is 22.7. The summed E-state index contributed by atoms with van der Waals surface area (Å²) in [5, 5.41) is 15.3. The Morgan fingerprint density at radius 3 is 2.70 bits per heavy atom. The van der Waals surface area contributed by atoms with Crippen LogP contribution in [-0.2, 0) is 0 Å². The summed E-state index contributed by atoms with van der Waals surface area (Å²) in [5.74, 6) is 1.68. The van der Waals surface area contributed by atoms with E-state index in [0.29, 0.717) is 6.04 Å². The average molecular weight is 271 g/mol. The average Bonchev–Trinajstić information content (AvgIpc) is 2.88. The van der Waals surface area contributed by atoms with E-state index in [1.54, 1.807) is 4.68 Å². The summed E-state index contributed by atoms with van der Waals surface area (Å²) in [5.41, 5.74) is 2.15. The third-order valence-electron chi connectivity index (χ3n) is 4.10. The van der Waals surface area contributed by atoms with Crippen LogP contribution in [-0.4, -0.2) is 26.2 Å². The third kappa shape index (κ3) is 2.81. The summed E-state index contributed by atoms with van der Waals surface area (Å²) in [4.78, 5) is 0. The number of aryl methyl sites for hydroxylation is 1. The summed E-state index contributed by atoms with van der Waals surface area (Å²) in [7, 11) is 0. The molecule has 3 rings (SSSR count). The molecule has 106 valence electrons. The first-order valence-corrected chi connectivity index (χ1v) is 7.34. The van der Waals surface area contributed by atoms with Crippen molar-refractivity contribution in [2.24, 2.45) is 5.92 Å². The molecule has 1 aliphatic carbocycles. The molecule has 0 aliphatic heterocycles. The number of aromatic nitrogens is 4. The van der Waals surface area contributed by atoms with Gasteiger partial charge in [-0.25, -0.2) is 0 Å². The van der Waals surface area contributed by atoms with Crippen LogP contribution in [0.4, 0.5) is 5.69 Å². The first-order chi connectivity index (χ1) is 9.72. The van der Waals surface area contributed by atoms with E-state index in [9.17, 15) is 0 Å². The van der Waals surface area contributed by atoms with Crippen LogP contribution in [0.2, 0.25) is 0 Å². The molecule has 5 nitrogen and oxygen atoms in total. The van der Waals surface area contributed by atoms with Crippen molar-refractivity contribution in [3.05, 3.63) is 30.1 Å². The summed E-state index contributed by atoms with van der Waals surface area (Å²) in [6.45, 7) is 4.25. The highest BCUT2D eigenvalue weighted by atomic mass is 15.5. The largest absolute Gasteiger partial charge is 0.382 e. The van der Waals surface area contributed by atoms with Crippen LogP contribution in [0, 0.1) is 12.8 Å². The quantitative estimate of drug-likeness (QED) is 0.932. The second-order valence-corrected chi connectivity index (χ2v) is 5.79. The van der Waals surface area contributed by atoms with Crippen molar-refractivity contribution < 1.29 is 0 Å². The number of nitrogens with zero attached hydrogens (tertiary/aromatic N) is 4. The fraction of sp³-hybridized carbons (Fsp3) is 0.533. The zero-order valence-electron chi connectivity index (χ0n) is 12.1. The molecular weight excluding hydrogens is 250 g/mol. The molecule has 1 aliphatic rings. The van der Waals surface area contributed by atoms with Crippen LogP contribution in [0.5, 0.6) is 0 Å². The van der Waals surface area contributed by atoms with Crippen LogP contribution in [0.15, 0.2) is 24.3 Å². The molecule has 0 radical (unpaired) electrons. The zero-order valence-corrected chi connectivity index (χ0v) is 12.1. The van der Waals surface area contributed by atoms with Gasteiger partial charge < -0.3 is 5.32 Å². The minimum atomic E-state index is 0.594. The maximum Gasteiger partial charge on any atom is 0.153 e. The monoisotopic (exact) mass is 271 g/mol. The standard InChI is InChI=1S/C15H21N5/c1-11-6-8-13(9-7-11)16-14-4-3-5-15(10-14)20-12(2)17-18-19-20/h3-5,10-11,13,16H,6-9H2,1-2H3. The van der Waals surface area contributed by atoms with E-state index in [1.807, 2.05) is 19.1 Å². The number of rotatable bonds is 3. The smallest absolute Gasteiger partial charge is 0.153 e. The fourth-order valence-corrected chi connectivity index (χ4v) is 2.84. The minimum Gasteiger partial charge on any atom is -0.382 e. The fourth-order valence-electron chi connectivity index (χ4n) is 2.84. The number of tetrazole rings is 1. The van der Waals surface area contributed by atoms with Crippen LogP contribution in [0.25, 0.3) is 5.69 Å². The molecule has 0 unspecified atom stereocenters. The Morgan fingerprint density at radius 1 is 1.20 bits per heavy atom. The van der Waals surface area contributed by atoms with Crippen molar-refractivity contribution in [2.75, 3.05) is 5.32 Å². The van der Waals surface area contributed by atoms with Crippen molar-refractivity contribution in [3.8, 4) is 5.69 Å². The third-order valence-corrected chi connectivity index (χ3v) is 4.10. The molecule has 0 bridgehead atoms. The summed E-state index contributed by atoms with van der Waals surface area (Å²) in [6.07, 6.45) is 5.16. The second-order valence-electron chi connectivity index (χ2n) is 5.79. The SMILES string of the molecule is Cc1nnnn1-c1cccc(NC2CCC(C)CC2)c1. The van der Waals surface area contributed by atoms with E-state index >= 15 is 0 Å². The lowest BCUT2D eigenvalue weighted by molar-refractivity contribution is 0.361. The Balaban J connectivity index is 1.73. The molecular formula is C15H21N5. The lowest BCUT2D eigenvalue weighted by atomic mass is 9.87. The predicted molar refractivity (Wildman–Crippen MR) is 78.9 cm³/mol. The highest BCUT2D eigenvalue weighted by Crippen LogP contribution is 2.26. The van der Waals surface area contributed by atoms with Gasteiger partial charge in [0.15, 0.2) is 5.82 Å². The molecule has 0 amide bonds. The number of anilines is 1. The Bertz CT molecular complexity index is 569. The Hall–Kier alpha value is -1.91. The molecule has 0 saturated heterocycles. The summed E-state index contributed by atoms with van der Waals surface area (Å²) in [6, 6.07) is 8.89. The van der Waals surface area contributed by atoms with Crippen molar-refractivity contribution in [1.29, 1.82) is 0 Å². The van der Waals surface area contributed by atoms with Crippen LogP contribution < -0.4 is 5.32 Å². The van der Waals surface area contributed by atoms with Gasteiger partial charge >= 0.3 is 0 Å². The second kappa shape index (κ2) is 5.61. The molecule has 0 spiro atoms. The van der Waals surface area contributed by atoms with Crippen molar-refractivity contribution in [3.63, 3.8) is 0 Å². The van der Waals surface area contributed by atoms with Gasteiger partial charge in [-0.3, -0.25) is 0 Å². The lowest BCUT2D eigenvalue weighted by Crippen LogP contribution is -2.25. The Morgan fingerprint density at radius 2 is 2.00 bits per heavy atom. The zero-order chi connectivity index (χ0) is 13.9.